The molecule has 0 saturated carbocycles. The summed E-state index contributed by atoms with van der Waals surface area (Å²) in [5, 5.41) is 30.4. The first kappa shape index (κ1) is 13.5. The van der Waals surface area contributed by atoms with Crippen LogP contribution in [0.15, 0.2) is 24.5 Å². The molecule has 1 aromatic heterocycles. The van der Waals surface area contributed by atoms with Gasteiger partial charge in [0.2, 0.25) is 0 Å². The molecule has 0 amide bonds. The second-order valence-electron chi connectivity index (χ2n) is 4.14. The van der Waals surface area contributed by atoms with Gasteiger partial charge in [-0.1, -0.05) is 0 Å². The summed E-state index contributed by atoms with van der Waals surface area (Å²) in [5.74, 6) is 0.820. The van der Waals surface area contributed by atoms with Gasteiger partial charge in [0.1, 0.15) is 23.8 Å². The Morgan fingerprint density at radius 1 is 1.55 bits per heavy atom. The first-order chi connectivity index (χ1) is 9.61. The topological polar surface area (TPSA) is 110 Å². The number of aromatic nitrogens is 3. The third-order valence-corrected chi connectivity index (χ3v) is 2.80. The molecule has 0 bridgehead atoms. The van der Waals surface area contributed by atoms with Crippen LogP contribution >= 0.6 is 0 Å². The van der Waals surface area contributed by atoms with Gasteiger partial charge >= 0.3 is 0 Å². The number of nitrogens with zero attached hydrogens (tertiary/aromatic N) is 5. The van der Waals surface area contributed by atoms with Crippen LogP contribution in [0.25, 0.3) is 0 Å². The highest BCUT2D eigenvalue weighted by molar-refractivity contribution is 5.59. The smallest absolute Gasteiger partial charge is 0.289 e. The Morgan fingerprint density at radius 3 is 2.95 bits per heavy atom. The molecular weight excluding hydrogens is 260 g/mol. The normalized spacial score (nSPS) is 10.0. The van der Waals surface area contributed by atoms with Crippen molar-refractivity contribution in [3.8, 4) is 6.07 Å². The Kier molecular flexibility index (Phi) is 3.91. The summed E-state index contributed by atoms with van der Waals surface area (Å²) in [5.41, 5.74) is 0.447. The first-order valence-electron chi connectivity index (χ1n) is 5.87. The number of rotatable bonds is 5. The van der Waals surface area contributed by atoms with Crippen LogP contribution in [0.4, 0.5) is 11.4 Å². The van der Waals surface area contributed by atoms with E-state index in [1.807, 2.05) is 11.6 Å². The van der Waals surface area contributed by atoms with E-state index < -0.39 is 4.92 Å². The second-order valence-corrected chi connectivity index (χ2v) is 4.14. The van der Waals surface area contributed by atoms with Crippen LogP contribution in [0.1, 0.15) is 11.4 Å². The Labute approximate surface area is 114 Å². The fraction of sp³-hybridized carbons (Fsp3) is 0.250. The van der Waals surface area contributed by atoms with Crippen molar-refractivity contribution >= 4 is 11.4 Å². The lowest BCUT2D eigenvalue weighted by Crippen LogP contribution is -2.09. The van der Waals surface area contributed by atoms with Gasteiger partial charge in [-0.3, -0.25) is 10.1 Å². The molecule has 0 aliphatic carbocycles. The molecule has 0 saturated heterocycles. The van der Waals surface area contributed by atoms with E-state index in [1.165, 1.54) is 12.1 Å². The van der Waals surface area contributed by atoms with Crippen LogP contribution in [-0.2, 0) is 13.5 Å². The first-order valence-corrected chi connectivity index (χ1v) is 5.87. The zero-order valence-electron chi connectivity index (χ0n) is 10.8. The Bertz CT molecular complexity index is 673. The van der Waals surface area contributed by atoms with Crippen molar-refractivity contribution in [2.24, 2.45) is 7.05 Å². The van der Waals surface area contributed by atoms with E-state index in [1.54, 1.807) is 18.5 Å². The van der Waals surface area contributed by atoms with E-state index >= 15 is 0 Å². The summed E-state index contributed by atoms with van der Waals surface area (Å²) in [4.78, 5) is 10.3. The molecule has 2 aromatic rings. The summed E-state index contributed by atoms with van der Waals surface area (Å²) >= 11 is 0. The highest BCUT2D eigenvalue weighted by Gasteiger charge is 2.14. The predicted molar refractivity (Wildman–Crippen MR) is 71.0 cm³/mol. The standard InChI is InChI=1S/C12H12N6O2/c1-17-8-15-16-12(17)4-5-14-10-3-2-9(7-13)11(6-10)18(19)20/h2-3,6,8,14H,4-5H2,1H3. The summed E-state index contributed by atoms with van der Waals surface area (Å²) < 4.78 is 1.81. The van der Waals surface area contributed by atoms with E-state index in [2.05, 4.69) is 15.5 Å². The Hall–Kier alpha value is -2.95. The van der Waals surface area contributed by atoms with Gasteiger partial charge in [-0.2, -0.15) is 5.26 Å². The van der Waals surface area contributed by atoms with Crippen molar-refractivity contribution in [1.29, 1.82) is 5.26 Å². The van der Waals surface area contributed by atoms with E-state index in [-0.39, 0.29) is 11.3 Å². The highest BCUT2D eigenvalue weighted by Crippen LogP contribution is 2.22. The minimum Gasteiger partial charge on any atom is -0.384 e. The lowest BCUT2D eigenvalue weighted by Gasteiger charge is -2.06. The number of nitro groups is 1. The summed E-state index contributed by atoms with van der Waals surface area (Å²) in [6.07, 6.45) is 2.26. The average molecular weight is 272 g/mol. The zero-order chi connectivity index (χ0) is 14.5. The molecule has 0 aliphatic rings. The summed E-state index contributed by atoms with van der Waals surface area (Å²) in [7, 11) is 1.85. The fourth-order valence-corrected chi connectivity index (χ4v) is 1.74. The molecule has 2 rings (SSSR count). The third kappa shape index (κ3) is 2.89. The molecule has 0 spiro atoms. The van der Waals surface area contributed by atoms with E-state index in [0.717, 1.165) is 5.82 Å². The maximum atomic E-state index is 10.8. The van der Waals surface area contributed by atoms with Crippen molar-refractivity contribution in [3.63, 3.8) is 0 Å². The van der Waals surface area contributed by atoms with Gasteiger partial charge in [-0.05, 0) is 12.1 Å². The monoisotopic (exact) mass is 272 g/mol. The lowest BCUT2D eigenvalue weighted by atomic mass is 10.2. The molecule has 0 atom stereocenters. The quantitative estimate of drug-likeness (QED) is 0.648. The molecule has 0 fully saturated rings. The second kappa shape index (κ2) is 5.79. The van der Waals surface area contributed by atoms with Gasteiger partial charge < -0.3 is 9.88 Å². The molecule has 8 nitrogen and oxygen atoms in total. The largest absolute Gasteiger partial charge is 0.384 e. The van der Waals surface area contributed by atoms with Gasteiger partial charge in [-0.15, -0.1) is 10.2 Å². The molecule has 20 heavy (non-hydrogen) atoms. The Morgan fingerprint density at radius 2 is 2.35 bits per heavy atom. The summed E-state index contributed by atoms with van der Waals surface area (Å²) in [6.45, 7) is 0.565. The molecule has 0 aliphatic heterocycles. The molecule has 1 heterocycles. The third-order valence-electron chi connectivity index (χ3n) is 2.80. The fourth-order valence-electron chi connectivity index (χ4n) is 1.74. The van der Waals surface area contributed by atoms with Crippen molar-refractivity contribution < 1.29 is 4.92 Å². The van der Waals surface area contributed by atoms with Crippen LogP contribution in [-0.4, -0.2) is 26.2 Å². The Balaban J connectivity index is 2.04. The maximum absolute atomic E-state index is 10.8. The van der Waals surface area contributed by atoms with Gasteiger partial charge in [0.15, 0.2) is 0 Å². The van der Waals surface area contributed by atoms with Crippen LogP contribution in [0.3, 0.4) is 0 Å². The molecule has 8 heteroatoms. The minimum absolute atomic E-state index is 0.0499. The minimum atomic E-state index is -0.563. The SMILES string of the molecule is Cn1cnnc1CCNc1ccc(C#N)c([N+](=O)[O-])c1. The number of hydrogen-bond donors (Lipinski definition) is 1. The van der Waals surface area contributed by atoms with Gasteiger partial charge in [-0.25, -0.2) is 0 Å². The zero-order valence-corrected chi connectivity index (χ0v) is 10.8. The van der Waals surface area contributed by atoms with Crippen molar-refractivity contribution in [1.82, 2.24) is 14.8 Å². The number of nitro benzene ring substituents is 1. The number of hydrogen-bond acceptors (Lipinski definition) is 6. The lowest BCUT2D eigenvalue weighted by molar-refractivity contribution is -0.385. The van der Waals surface area contributed by atoms with Crippen molar-refractivity contribution in [3.05, 3.63) is 46.0 Å². The van der Waals surface area contributed by atoms with Crippen LogP contribution in [0.2, 0.25) is 0 Å². The number of benzene rings is 1. The number of nitriles is 1. The molecule has 1 aromatic carbocycles. The van der Waals surface area contributed by atoms with Crippen LogP contribution in [0.5, 0.6) is 0 Å². The number of anilines is 1. The molecule has 1 N–H and O–H groups in total. The maximum Gasteiger partial charge on any atom is 0.289 e. The predicted octanol–water partition coefficient (Wildman–Crippen LogP) is 1.25. The number of aryl methyl sites for hydroxylation is 1. The van der Waals surface area contributed by atoms with E-state index in [4.69, 9.17) is 5.26 Å². The van der Waals surface area contributed by atoms with Crippen molar-refractivity contribution in [2.45, 2.75) is 6.42 Å². The highest BCUT2D eigenvalue weighted by atomic mass is 16.6. The number of nitrogens with one attached hydrogen (secondary N) is 1. The van der Waals surface area contributed by atoms with E-state index in [0.29, 0.717) is 18.7 Å². The average Bonchev–Trinajstić information content (AvgIpc) is 2.84. The van der Waals surface area contributed by atoms with E-state index in [9.17, 15) is 10.1 Å². The van der Waals surface area contributed by atoms with Crippen molar-refractivity contribution in [2.75, 3.05) is 11.9 Å². The van der Waals surface area contributed by atoms with Crippen LogP contribution < -0.4 is 5.32 Å². The van der Waals surface area contributed by atoms with Gasteiger partial charge in [0, 0.05) is 31.8 Å². The van der Waals surface area contributed by atoms with Gasteiger partial charge in [0.05, 0.1) is 4.92 Å². The molecule has 102 valence electrons. The van der Waals surface area contributed by atoms with Crippen LogP contribution in [0, 0.1) is 21.4 Å². The molecule has 0 radical (unpaired) electrons. The molecule has 0 unspecified atom stereocenters. The van der Waals surface area contributed by atoms with Gasteiger partial charge in [0.25, 0.3) is 5.69 Å². The molecular formula is C12H12N6O2. The summed E-state index contributed by atoms with van der Waals surface area (Å²) in [6, 6.07) is 6.23.